The average Bonchev–Trinajstić information content (AvgIpc) is 2.47. The van der Waals surface area contributed by atoms with E-state index in [1.54, 1.807) is 0 Å². The van der Waals surface area contributed by atoms with Gasteiger partial charge < -0.3 is 10.2 Å². The minimum Gasteiger partial charge on any atom is -0.310 e. The zero-order chi connectivity index (χ0) is 14.8. The lowest BCUT2D eigenvalue weighted by molar-refractivity contribution is 0.269. The molecule has 1 N–H and O–H groups in total. The molecule has 3 heteroatoms. The van der Waals surface area contributed by atoms with Crippen LogP contribution in [-0.2, 0) is 0 Å². The first kappa shape index (κ1) is 17.7. The van der Waals surface area contributed by atoms with Crippen molar-refractivity contribution in [2.24, 2.45) is 0 Å². The topological polar surface area (TPSA) is 15.3 Å². The Morgan fingerprint density at radius 2 is 1.85 bits per heavy atom. The van der Waals surface area contributed by atoms with Crippen LogP contribution in [0.15, 0.2) is 28.7 Å². The largest absolute Gasteiger partial charge is 0.310 e. The molecule has 0 saturated carbocycles. The summed E-state index contributed by atoms with van der Waals surface area (Å²) in [5, 5.41) is 3.69. The highest BCUT2D eigenvalue weighted by Crippen LogP contribution is 2.25. The summed E-state index contributed by atoms with van der Waals surface area (Å²) in [4.78, 5) is 2.54. The lowest BCUT2D eigenvalue weighted by Gasteiger charge is -2.25. The molecule has 0 radical (unpaired) electrons. The van der Waals surface area contributed by atoms with Crippen molar-refractivity contribution in [3.8, 4) is 0 Å². The number of hydrogen-bond acceptors (Lipinski definition) is 2. The molecular formula is C17H29BrN2. The lowest BCUT2D eigenvalue weighted by atomic mass is 10.0. The van der Waals surface area contributed by atoms with Crippen LogP contribution in [0.25, 0.3) is 0 Å². The van der Waals surface area contributed by atoms with E-state index in [0.717, 1.165) is 26.1 Å². The third kappa shape index (κ3) is 5.94. The van der Waals surface area contributed by atoms with E-state index < -0.39 is 0 Å². The van der Waals surface area contributed by atoms with Crippen LogP contribution in [0.4, 0.5) is 0 Å². The van der Waals surface area contributed by atoms with Gasteiger partial charge >= 0.3 is 0 Å². The van der Waals surface area contributed by atoms with E-state index in [1.165, 1.54) is 29.4 Å². The second-order valence-corrected chi connectivity index (χ2v) is 6.11. The van der Waals surface area contributed by atoms with Crippen LogP contribution >= 0.6 is 15.9 Å². The van der Waals surface area contributed by atoms with Gasteiger partial charge in [0.15, 0.2) is 0 Å². The summed E-state index contributed by atoms with van der Waals surface area (Å²) in [6.45, 7) is 11.3. The van der Waals surface area contributed by atoms with Crippen molar-refractivity contribution < 1.29 is 0 Å². The zero-order valence-electron chi connectivity index (χ0n) is 13.2. The van der Waals surface area contributed by atoms with Gasteiger partial charge in [-0.15, -0.1) is 0 Å². The van der Waals surface area contributed by atoms with Crippen molar-refractivity contribution in [3.05, 3.63) is 34.3 Å². The monoisotopic (exact) mass is 340 g/mol. The molecule has 0 aliphatic rings. The van der Waals surface area contributed by atoms with Crippen LogP contribution in [0.1, 0.15) is 51.6 Å². The minimum atomic E-state index is 0.441. The molecule has 1 rings (SSSR count). The van der Waals surface area contributed by atoms with Gasteiger partial charge in [0.05, 0.1) is 0 Å². The third-order valence-corrected chi connectivity index (χ3v) is 4.36. The van der Waals surface area contributed by atoms with Gasteiger partial charge in [0, 0.05) is 10.5 Å². The molecule has 0 bridgehead atoms. The smallest absolute Gasteiger partial charge is 0.0343 e. The summed E-state index contributed by atoms with van der Waals surface area (Å²) in [7, 11) is 0. The highest BCUT2D eigenvalue weighted by Gasteiger charge is 2.14. The normalized spacial score (nSPS) is 12.8. The fraction of sp³-hybridized carbons (Fsp3) is 0.647. The Morgan fingerprint density at radius 3 is 2.45 bits per heavy atom. The zero-order valence-corrected chi connectivity index (χ0v) is 14.7. The van der Waals surface area contributed by atoms with Crippen molar-refractivity contribution >= 4 is 15.9 Å². The van der Waals surface area contributed by atoms with Gasteiger partial charge in [-0.2, -0.15) is 0 Å². The van der Waals surface area contributed by atoms with E-state index in [1.807, 2.05) is 0 Å². The molecule has 1 aromatic carbocycles. The molecule has 2 nitrogen and oxygen atoms in total. The average molecular weight is 341 g/mol. The van der Waals surface area contributed by atoms with Crippen LogP contribution in [-0.4, -0.2) is 31.1 Å². The summed E-state index contributed by atoms with van der Waals surface area (Å²) in [5.41, 5.74) is 1.38. The molecule has 0 heterocycles. The molecule has 114 valence electrons. The highest BCUT2D eigenvalue weighted by molar-refractivity contribution is 9.10. The number of nitrogens with one attached hydrogen (secondary N) is 1. The van der Waals surface area contributed by atoms with Gasteiger partial charge in [0.25, 0.3) is 0 Å². The quantitative estimate of drug-likeness (QED) is 0.668. The number of halogens is 1. The molecule has 0 amide bonds. The summed E-state index contributed by atoms with van der Waals surface area (Å²) in [6, 6.07) is 9.02. The van der Waals surface area contributed by atoms with E-state index in [9.17, 15) is 0 Å². The highest BCUT2D eigenvalue weighted by atomic mass is 79.9. The van der Waals surface area contributed by atoms with Crippen molar-refractivity contribution in [2.45, 2.75) is 46.1 Å². The predicted molar refractivity (Wildman–Crippen MR) is 92.2 cm³/mol. The molecule has 0 aliphatic heterocycles. The first-order valence-corrected chi connectivity index (χ1v) is 8.72. The van der Waals surface area contributed by atoms with E-state index >= 15 is 0 Å². The SMILES string of the molecule is CCCNC(CCN(CC)CCC)c1ccccc1Br. The molecule has 0 aromatic heterocycles. The van der Waals surface area contributed by atoms with Gasteiger partial charge in [-0.3, -0.25) is 0 Å². The van der Waals surface area contributed by atoms with Crippen LogP contribution < -0.4 is 5.32 Å². The van der Waals surface area contributed by atoms with Gasteiger partial charge in [0.2, 0.25) is 0 Å². The molecule has 1 unspecified atom stereocenters. The number of nitrogens with zero attached hydrogens (tertiary/aromatic N) is 1. The van der Waals surface area contributed by atoms with Crippen molar-refractivity contribution in [3.63, 3.8) is 0 Å². The molecule has 0 spiro atoms. The van der Waals surface area contributed by atoms with Crippen LogP contribution in [0.5, 0.6) is 0 Å². The fourth-order valence-corrected chi connectivity index (χ4v) is 3.06. The van der Waals surface area contributed by atoms with E-state index in [0.29, 0.717) is 6.04 Å². The predicted octanol–water partition coefficient (Wildman–Crippen LogP) is 4.61. The van der Waals surface area contributed by atoms with Crippen molar-refractivity contribution in [2.75, 3.05) is 26.2 Å². The van der Waals surface area contributed by atoms with Crippen LogP contribution in [0.3, 0.4) is 0 Å². The van der Waals surface area contributed by atoms with E-state index in [-0.39, 0.29) is 0 Å². The Hall–Kier alpha value is -0.380. The molecule has 0 fully saturated rings. The maximum atomic E-state index is 3.69. The first-order valence-electron chi connectivity index (χ1n) is 7.93. The standard InChI is InChI=1S/C17H29BrN2/c1-4-12-19-17(11-14-20(6-3)13-5-2)15-9-7-8-10-16(15)18/h7-10,17,19H,4-6,11-14H2,1-3H3. The maximum Gasteiger partial charge on any atom is 0.0343 e. The van der Waals surface area contributed by atoms with E-state index in [4.69, 9.17) is 0 Å². The van der Waals surface area contributed by atoms with Crippen molar-refractivity contribution in [1.82, 2.24) is 10.2 Å². The number of benzene rings is 1. The molecule has 1 atom stereocenters. The Labute approximate surface area is 133 Å². The van der Waals surface area contributed by atoms with Crippen molar-refractivity contribution in [1.29, 1.82) is 0 Å². The third-order valence-electron chi connectivity index (χ3n) is 3.64. The summed E-state index contributed by atoms with van der Waals surface area (Å²) >= 11 is 3.69. The second kappa shape index (κ2) is 10.4. The fourth-order valence-electron chi connectivity index (χ4n) is 2.50. The molecule has 0 saturated heterocycles. The maximum absolute atomic E-state index is 3.69. The van der Waals surface area contributed by atoms with E-state index in [2.05, 4.69) is 71.2 Å². The first-order chi connectivity index (χ1) is 9.72. The number of hydrogen-bond donors (Lipinski definition) is 1. The molecule has 20 heavy (non-hydrogen) atoms. The van der Waals surface area contributed by atoms with Crippen LogP contribution in [0.2, 0.25) is 0 Å². The Bertz CT molecular complexity index is 368. The lowest BCUT2D eigenvalue weighted by Crippen LogP contribution is -2.30. The Kier molecular flexibility index (Phi) is 9.16. The minimum absolute atomic E-state index is 0.441. The Balaban J connectivity index is 2.67. The Morgan fingerprint density at radius 1 is 1.10 bits per heavy atom. The summed E-state index contributed by atoms with van der Waals surface area (Å²) in [5.74, 6) is 0. The summed E-state index contributed by atoms with van der Waals surface area (Å²) in [6.07, 6.45) is 3.57. The summed E-state index contributed by atoms with van der Waals surface area (Å²) < 4.78 is 1.21. The molecule has 1 aromatic rings. The number of rotatable bonds is 10. The second-order valence-electron chi connectivity index (χ2n) is 5.25. The van der Waals surface area contributed by atoms with Gasteiger partial charge in [0.1, 0.15) is 0 Å². The van der Waals surface area contributed by atoms with Gasteiger partial charge in [-0.1, -0.05) is 54.9 Å². The van der Waals surface area contributed by atoms with Gasteiger partial charge in [-0.05, 0) is 57.1 Å². The molecular weight excluding hydrogens is 312 g/mol. The molecule has 0 aliphatic carbocycles. The van der Waals surface area contributed by atoms with Crippen LogP contribution in [0, 0.1) is 0 Å². The van der Waals surface area contributed by atoms with Gasteiger partial charge in [-0.25, -0.2) is 0 Å².